The minimum atomic E-state index is -0.300. The van der Waals surface area contributed by atoms with E-state index in [9.17, 15) is 4.79 Å². The van der Waals surface area contributed by atoms with E-state index in [0.29, 0.717) is 0 Å². The summed E-state index contributed by atoms with van der Waals surface area (Å²) in [5.74, 6) is 0.0165. The Balaban J connectivity index is 2.08. The average molecular weight is 216 g/mol. The van der Waals surface area contributed by atoms with Crippen LogP contribution < -0.4 is 0 Å². The molecule has 3 rings (SSSR count). The van der Waals surface area contributed by atoms with Crippen LogP contribution in [0.4, 0.5) is 0 Å². The van der Waals surface area contributed by atoms with Crippen molar-refractivity contribution in [3.8, 4) is 0 Å². The van der Waals surface area contributed by atoms with Crippen LogP contribution in [0.5, 0.6) is 0 Å². The number of benzene rings is 1. The molecule has 1 saturated heterocycles. The minimum absolute atomic E-state index is 0.0308. The predicted molar refractivity (Wildman–Crippen MR) is 60.9 cm³/mol. The van der Waals surface area contributed by atoms with E-state index < -0.39 is 0 Å². The van der Waals surface area contributed by atoms with Gasteiger partial charge in [0.25, 0.3) is 0 Å². The molecule has 0 amide bonds. The Hall–Kier alpha value is -1.31. The molecule has 1 aliphatic heterocycles. The van der Waals surface area contributed by atoms with Crippen LogP contribution in [-0.2, 0) is 21.6 Å². The molecule has 0 aromatic heterocycles. The maximum Gasteiger partial charge on any atom is 0.309 e. The predicted octanol–water partition coefficient (Wildman–Crippen LogP) is 2.80. The molecule has 1 fully saturated rings. The van der Waals surface area contributed by atoms with Gasteiger partial charge in [0.2, 0.25) is 0 Å². The van der Waals surface area contributed by atoms with Crippen molar-refractivity contribution in [3.63, 3.8) is 0 Å². The lowest BCUT2D eigenvalue weighted by molar-refractivity contribution is -0.152. The molecule has 1 aromatic rings. The Morgan fingerprint density at radius 2 is 2.19 bits per heavy atom. The van der Waals surface area contributed by atoms with Crippen LogP contribution in [0.1, 0.15) is 37.3 Å². The number of carbonyl (C=O) groups is 1. The van der Waals surface area contributed by atoms with Crippen molar-refractivity contribution in [1.82, 2.24) is 0 Å². The van der Waals surface area contributed by atoms with E-state index in [4.69, 9.17) is 4.74 Å². The van der Waals surface area contributed by atoms with E-state index >= 15 is 0 Å². The van der Waals surface area contributed by atoms with Crippen molar-refractivity contribution in [2.45, 2.75) is 38.2 Å². The highest BCUT2D eigenvalue weighted by molar-refractivity contribution is 5.75. The lowest BCUT2D eigenvalue weighted by Gasteiger charge is -2.34. The van der Waals surface area contributed by atoms with Crippen molar-refractivity contribution < 1.29 is 9.53 Å². The Kier molecular flexibility index (Phi) is 2.06. The second kappa shape index (κ2) is 3.34. The van der Waals surface area contributed by atoms with E-state index in [1.165, 1.54) is 11.1 Å². The summed E-state index contributed by atoms with van der Waals surface area (Å²) in [6.07, 6.45) is 4.07. The number of carbonyl (C=O) groups excluding carboxylic acids is 1. The van der Waals surface area contributed by atoms with Crippen LogP contribution in [-0.4, -0.2) is 5.97 Å². The Morgan fingerprint density at radius 1 is 1.38 bits per heavy atom. The van der Waals surface area contributed by atoms with Crippen LogP contribution >= 0.6 is 0 Å². The van der Waals surface area contributed by atoms with Gasteiger partial charge in [0.1, 0.15) is 5.60 Å². The minimum Gasteiger partial charge on any atom is -0.454 e. The van der Waals surface area contributed by atoms with E-state index in [1.54, 1.807) is 0 Å². The van der Waals surface area contributed by atoms with Crippen LogP contribution in [0.2, 0.25) is 0 Å². The normalized spacial score (nSPS) is 32.6. The molecular weight excluding hydrogens is 200 g/mol. The quantitative estimate of drug-likeness (QED) is 0.623. The Labute approximate surface area is 95.6 Å². The van der Waals surface area contributed by atoms with Crippen molar-refractivity contribution >= 4 is 5.97 Å². The summed E-state index contributed by atoms with van der Waals surface area (Å²) in [5, 5.41) is 0. The number of hydrogen-bond acceptors (Lipinski definition) is 2. The second-order valence-corrected chi connectivity index (χ2v) is 5.03. The van der Waals surface area contributed by atoms with Gasteiger partial charge in [-0.05, 0) is 30.4 Å². The molecule has 1 aromatic carbocycles. The Morgan fingerprint density at radius 3 is 2.94 bits per heavy atom. The van der Waals surface area contributed by atoms with E-state index in [1.807, 2.05) is 13.0 Å². The largest absolute Gasteiger partial charge is 0.454 e. The zero-order chi connectivity index (χ0) is 11.2. The molecule has 2 aliphatic rings. The second-order valence-electron chi connectivity index (χ2n) is 5.03. The standard InChI is InChI=1S/C14H16O2/c1-10-9-14(16-13(10)15)8-4-6-11-5-2-3-7-12(11)14/h2-3,5,7,10H,4,6,8-9H2,1H3/t10-,14-/m0/s1. The molecule has 1 spiro atoms. The molecule has 0 bridgehead atoms. The molecular formula is C14H16O2. The summed E-state index contributed by atoms with van der Waals surface area (Å²) < 4.78 is 5.69. The first kappa shape index (κ1) is 9.88. The number of ether oxygens (including phenoxy) is 1. The van der Waals surface area contributed by atoms with Crippen molar-refractivity contribution in [2.24, 2.45) is 5.92 Å². The third kappa shape index (κ3) is 1.29. The highest BCUT2D eigenvalue weighted by Gasteiger charge is 2.47. The summed E-state index contributed by atoms with van der Waals surface area (Å²) in [4.78, 5) is 11.6. The number of aryl methyl sites for hydroxylation is 1. The van der Waals surface area contributed by atoms with Crippen molar-refractivity contribution in [3.05, 3.63) is 35.4 Å². The summed E-state index contributed by atoms with van der Waals surface area (Å²) in [6, 6.07) is 8.40. The van der Waals surface area contributed by atoms with E-state index in [-0.39, 0.29) is 17.5 Å². The zero-order valence-corrected chi connectivity index (χ0v) is 9.53. The molecule has 1 aliphatic carbocycles. The lowest BCUT2D eigenvalue weighted by atomic mass is 9.76. The van der Waals surface area contributed by atoms with Gasteiger partial charge in [-0.1, -0.05) is 31.2 Å². The molecule has 0 saturated carbocycles. The first-order chi connectivity index (χ1) is 7.71. The highest BCUT2D eigenvalue weighted by Crippen LogP contribution is 2.47. The molecule has 0 unspecified atom stereocenters. The van der Waals surface area contributed by atoms with Crippen LogP contribution in [0.15, 0.2) is 24.3 Å². The average Bonchev–Trinajstić information content (AvgIpc) is 2.56. The van der Waals surface area contributed by atoms with Gasteiger partial charge in [-0.15, -0.1) is 0 Å². The summed E-state index contributed by atoms with van der Waals surface area (Å²) in [5.41, 5.74) is 2.31. The Bertz CT molecular complexity index is 438. The zero-order valence-electron chi connectivity index (χ0n) is 9.53. The fraction of sp³-hybridized carbons (Fsp3) is 0.500. The fourth-order valence-electron chi connectivity index (χ4n) is 3.11. The first-order valence-electron chi connectivity index (χ1n) is 6.02. The SMILES string of the molecule is C[C@H]1C[C@]2(CCCc3ccccc32)OC1=O. The van der Waals surface area contributed by atoms with Crippen molar-refractivity contribution in [1.29, 1.82) is 0 Å². The molecule has 2 nitrogen and oxygen atoms in total. The van der Waals surface area contributed by atoms with E-state index in [0.717, 1.165) is 25.7 Å². The molecule has 0 radical (unpaired) electrons. The molecule has 1 heterocycles. The third-order valence-electron chi connectivity index (χ3n) is 3.87. The number of hydrogen-bond donors (Lipinski definition) is 0. The molecule has 2 atom stereocenters. The lowest BCUT2D eigenvalue weighted by Crippen LogP contribution is -2.30. The fourth-order valence-corrected chi connectivity index (χ4v) is 3.11. The van der Waals surface area contributed by atoms with Gasteiger partial charge in [-0.25, -0.2) is 0 Å². The van der Waals surface area contributed by atoms with Crippen molar-refractivity contribution in [2.75, 3.05) is 0 Å². The van der Waals surface area contributed by atoms with Gasteiger partial charge in [0.05, 0.1) is 5.92 Å². The van der Waals surface area contributed by atoms with Gasteiger partial charge >= 0.3 is 5.97 Å². The van der Waals surface area contributed by atoms with E-state index in [2.05, 4.69) is 18.2 Å². The third-order valence-corrected chi connectivity index (χ3v) is 3.87. The molecule has 2 heteroatoms. The van der Waals surface area contributed by atoms with Gasteiger partial charge in [-0.2, -0.15) is 0 Å². The van der Waals surface area contributed by atoms with Crippen LogP contribution in [0.3, 0.4) is 0 Å². The van der Waals surface area contributed by atoms with Crippen LogP contribution in [0.25, 0.3) is 0 Å². The maximum absolute atomic E-state index is 11.6. The number of esters is 1. The van der Waals surface area contributed by atoms with Gasteiger partial charge in [0, 0.05) is 6.42 Å². The smallest absolute Gasteiger partial charge is 0.309 e. The highest BCUT2D eigenvalue weighted by atomic mass is 16.6. The number of fused-ring (bicyclic) bond motifs is 2. The summed E-state index contributed by atoms with van der Waals surface area (Å²) >= 11 is 0. The van der Waals surface area contributed by atoms with Gasteiger partial charge < -0.3 is 4.74 Å². The van der Waals surface area contributed by atoms with Gasteiger partial charge in [0.15, 0.2) is 0 Å². The molecule has 16 heavy (non-hydrogen) atoms. The molecule has 84 valence electrons. The first-order valence-corrected chi connectivity index (χ1v) is 6.02. The summed E-state index contributed by atoms with van der Waals surface area (Å²) in [6.45, 7) is 1.97. The number of rotatable bonds is 0. The van der Waals surface area contributed by atoms with Gasteiger partial charge in [-0.3, -0.25) is 4.79 Å². The molecule has 0 N–H and O–H groups in total. The monoisotopic (exact) mass is 216 g/mol. The summed E-state index contributed by atoms with van der Waals surface area (Å²) in [7, 11) is 0. The maximum atomic E-state index is 11.6. The van der Waals surface area contributed by atoms with Crippen LogP contribution in [0, 0.1) is 5.92 Å². The topological polar surface area (TPSA) is 26.3 Å².